The van der Waals surface area contributed by atoms with E-state index in [-0.39, 0.29) is 6.10 Å². The molecule has 1 fully saturated rings. The van der Waals surface area contributed by atoms with Crippen LogP contribution in [0.15, 0.2) is 12.2 Å². The van der Waals surface area contributed by atoms with Crippen LogP contribution in [0.1, 0.15) is 77.6 Å². The molecule has 0 bridgehead atoms. The van der Waals surface area contributed by atoms with Gasteiger partial charge in [-0.15, -0.1) is 0 Å². The van der Waals surface area contributed by atoms with Crippen molar-refractivity contribution in [3.05, 3.63) is 12.2 Å². The van der Waals surface area contributed by atoms with Gasteiger partial charge in [0.25, 0.3) is 0 Å². The molecular weight excluding hydrogens is 290 g/mol. The van der Waals surface area contributed by atoms with Crippen molar-refractivity contribution in [2.45, 2.75) is 89.7 Å². The van der Waals surface area contributed by atoms with Crippen molar-refractivity contribution in [2.75, 3.05) is 6.54 Å². The first-order valence-corrected chi connectivity index (χ1v) is 9.45. The first-order valence-electron chi connectivity index (χ1n) is 9.45. The van der Waals surface area contributed by atoms with E-state index in [1.165, 1.54) is 12.8 Å². The van der Waals surface area contributed by atoms with E-state index in [1.54, 1.807) is 0 Å². The van der Waals surface area contributed by atoms with Crippen LogP contribution in [-0.4, -0.2) is 34.9 Å². The maximum absolute atomic E-state index is 10.5. The lowest BCUT2D eigenvalue weighted by molar-refractivity contribution is -0.137. The molecule has 1 rings (SSSR count). The summed E-state index contributed by atoms with van der Waals surface area (Å²) < 4.78 is 0. The molecule has 23 heavy (non-hydrogen) atoms. The number of nitrogens with one attached hydrogen (secondary N) is 1. The van der Waals surface area contributed by atoms with Crippen molar-refractivity contribution in [3.8, 4) is 0 Å². The molecule has 0 aromatic rings. The average molecular weight is 325 g/mol. The number of carboxylic acids is 1. The van der Waals surface area contributed by atoms with E-state index in [0.717, 1.165) is 57.9 Å². The highest BCUT2D eigenvalue weighted by Gasteiger charge is 2.23. The molecule has 3 unspecified atom stereocenters. The number of rotatable bonds is 13. The minimum Gasteiger partial charge on any atom is -0.481 e. The molecule has 3 N–H and O–H groups in total. The monoisotopic (exact) mass is 325 g/mol. The van der Waals surface area contributed by atoms with Crippen molar-refractivity contribution in [3.63, 3.8) is 0 Å². The molecule has 4 nitrogen and oxygen atoms in total. The zero-order valence-electron chi connectivity index (χ0n) is 14.7. The zero-order valence-corrected chi connectivity index (χ0v) is 14.7. The van der Waals surface area contributed by atoms with Gasteiger partial charge in [-0.05, 0) is 38.1 Å². The van der Waals surface area contributed by atoms with E-state index in [1.807, 2.05) is 6.08 Å². The van der Waals surface area contributed by atoms with Crippen LogP contribution in [0.2, 0.25) is 0 Å². The molecule has 0 spiro atoms. The van der Waals surface area contributed by atoms with E-state index in [9.17, 15) is 9.90 Å². The minimum absolute atomic E-state index is 0.293. The largest absolute Gasteiger partial charge is 0.481 e. The number of aliphatic hydroxyl groups excluding tert-OH is 1. The highest BCUT2D eigenvalue weighted by molar-refractivity contribution is 5.66. The first kappa shape index (κ1) is 20.2. The summed E-state index contributed by atoms with van der Waals surface area (Å²) >= 11 is 0. The average Bonchev–Trinajstić information content (AvgIpc) is 2.96. The summed E-state index contributed by atoms with van der Waals surface area (Å²) in [6.45, 7) is 3.24. The second-order valence-electron chi connectivity index (χ2n) is 6.81. The van der Waals surface area contributed by atoms with E-state index in [2.05, 4.69) is 18.3 Å². The van der Waals surface area contributed by atoms with Crippen LogP contribution in [0.4, 0.5) is 0 Å². The van der Waals surface area contributed by atoms with Gasteiger partial charge in [0.1, 0.15) is 0 Å². The molecule has 0 aromatic heterocycles. The third-order valence-corrected chi connectivity index (χ3v) is 4.74. The number of carboxylic acid groups (broad SMARTS) is 1. The lowest BCUT2D eigenvalue weighted by Gasteiger charge is -2.17. The minimum atomic E-state index is -0.690. The summed E-state index contributed by atoms with van der Waals surface area (Å²) in [6, 6.07) is 0.522. The van der Waals surface area contributed by atoms with Crippen molar-refractivity contribution < 1.29 is 15.0 Å². The number of hydrogen-bond donors (Lipinski definition) is 3. The van der Waals surface area contributed by atoms with Gasteiger partial charge in [0, 0.05) is 12.5 Å². The van der Waals surface area contributed by atoms with E-state index >= 15 is 0 Å². The quantitative estimate of drug-likeness (QED) is 0.355. The number of unbranched alkanes of at least 4 members (excludes halogenated alkanes) is 5. The van der Waals surface area contributed by atoms with Crippen LogP contribution in [0.25, 0.3) is 0 Å². The van der Waals surface area contributed by atoms with Crippen LogP contribution in [-0.2, 0) is 4.79 Å². The third-order valence-electron chi connectivity index (χ3n) is 4.74. The number of aliphatic hydroxyl groups is 1. The van der Waals surface area contributed by atoms with Crippen LogP contribution in [0, 0.1) is 5.92 Å². The summed E-state index contributed by atoms with van der Waals surface area (Å²) in [5.74, 6) is -0.153. The molecule has 1 aliphatic heterocycles. The number of aliphatic carboxylic acids is 1. The Morgan fingerprint density at radius 2 is 2.00 bits per heavy atom. The molecule has 1 aliphatic rings. The van der Waals surface area contributed by atoms with E-state index in [4.69, 9.17) is 5.11 Å². The van der Waals surface area contributed by atoms with Crippen molar-refractivity contribution in [1.29, 1.82) is 0 Å². The lowest BCUT2D eigenvalue weighted by Crippen LogP contribution is -2.26. The standard InChI is InChI=1S/C19H35NO3/c1-2-3-6-9-17(21)13-12-16-14-15-20-18(16)10-7-4-5-8-11-19(22)23/h12-13,16-18,20-21H,2-11,14-15H2,1H3,(H,22,23). The number of hydrogen-bond acceptors (Lipinski definition) is 3. The van der Waals surface area contributed by atoms with Gasteiger partial charge in [-0.1, -0.05) is 57.6 Å². The van der Waals surface area contributed by atoms with Gasteiger partial charge in [-0.3, -0.25) is 4.79 Å². The Balaban J connectivity index is 2.16. The van der Waals surface area contributed by atoms with E-state index in [0.29, 0.717) is 18.4 Å². The second-order valence-corrected chi connectivity index (χ2v) is 6.81. The summed E-state index contributed by atoms with van der Waals surface area (Å²) in [7, 11) is 0. The Hall–Kier alpha value is -0.870. The Kier molecular flexibility index (Phi) is 11.0. The lowest BCUT2D eigenvalue weighted by atomic mass is 9.94. The Morgan fingerprint density at radius 3 is 2.74 bits per heavy atom. The van der Waals surface area contributed by atoms with Gasteiger partial charge in [0.15, 0.2) is 0 Å². The zero-order chi connectivity index (χ0) is 16.9. The molecule has 0 aromatic carbocycles. The molecule has 0 saturated carbocycles. The highest BCUT2D eigenvalue weighted by atomic mass is 16.4. The van der Waals surface area contributed by atoms with Gasteiger partial charge in [0.2, 0.25) is 0 Å². The molecule has 0 radical (unpaired) electrons. The fraction of sp³-hybridized carbons (Fsp3) is 0.842. The second kappa shape index (κ2) is 12.5. The summed E-state index contributed by atoms with van der Waals surface area (Å²) in [4.78, 5) is 10.5. The Labute approximate surface area is 141 Å². The summed E-state index contributed by atoms with van der Waals surface area (Å²) in [5.41, 5.74) is 0. The maximum atomic E-state index is 10.5. The molecular formula is C19H35NO3. The van der Waals surface area contributed by atoms with Gasteiger partial charge < -0.3 is 15.5 Å². The molecule has 134 valence electrons. The smallest absolute Gasteiger partial charge is 0.303 e. The third kappa shape index (κ3) is 9.77. The number of carbonyl (C=O) groups is 1. The summed E-state index contributed by atoms with van der Waals surface area (Å²) in [5, 5.41) is 22.2. The molecule has 3 atom stereocenters. The van der Waals surface area contributed by atoms with Gasteiger partial charge >= 0.3 is 5.97 Å². The van der Waals surface area contributed by atoms with E-state index < -0.39 is 5.97 Å². The van der Waals surface area contributed by atoms with Crippen LogP contribution < -0.4 is 5.32 Å². The van der Waals surface area contributed by atoms with Crippen molar-refractivity contribution in [1.82, 2.24) is 5.32 Å². The van der Waals surface area contributed by atoms with Gasteiger partial charge in [-0.2, -0.15) is 0 Å². The van der Waals surface area contributed by atoms with Gasteiger partial charge in [-0.25, -0.2) is 0 Å². The summed E-state index contributed by atoms with van der Waals surface area (Å²) in [6.07, 6.45) is 14.9. The van der Waals surface area contributed by atoms with Gasteiger partial charge in [0.05, 0.1) is 6.10 Å². The SMILES string of the molecule is CCCCCC(O)C=CC1CCNC1CCCCCCC(=O)O. The fourth-order valence-electron chi connectivity index (χ4n) is 3.30. The molecule has 1 saturated heterocycles. The molecule has 4 heteroatoms. The Morgan fingerprint density at radius 1 is 1.22 bits per heavy atom. The topological polar surface area (TPSA) is 69.6 Å². The maximum Gasteiger partial charge on any atom is 0.303 e. The van der Waals surface area contributed by atoms with Crippen LogP contribution in [0.3, 0.4) is 0 Å². The predicted molar refractivity (Wildman–Crippen MR) is 94.5 cm³/mol. The fourth-order valence-corrected chi connectivity index (χ4v) is 3.30. The molecule has 0 aliphatic carbocycles. The van der Waals surface area contributed by atoms with Crippen LogP contribution >= 0.6 is 0 Å². The van der Waals surface area contributed by atoms with Crippen molar-refractivity contribution >= 4 is 5.97 Å². The highest BCUT2D eigenvalue weighted by Crippen LogP contribution is 2.22. The molecule has 0 amide bonds. The normalized spacial score (nSPS) is 22.7. The first-order chi connectivity index (χ1) is 11.1. The van der Waals surface area contributed by atoms with Crippen LogP contribution in [0.5, 0.6) is 0 Å². The molecule has 1 heterocycles. The van der Waals surface area contributed by atoms with Crippen molar-refractivity contribution in [2.24, 2.45) is 5.92 Å². The predicted octanol–water partition coefficient (Wildman–Crippen LogP) is 3.89. The Bertz CT molecular complexity index is 344.